The SMILES string of the molecule is CC(C)CC1CCN(C(=NCC(=O)N(C)C)NCCN2CCOCC2)C1.I. The minimum Gasteiger partial charge on any atom is -0.379 e. The summed E-state index contributed by atoms with van der Waals surface area (Å²) in [6, 6.07) is 0. The molecule has 2 aliphatic heterocycles. The van der Waals surface area contributed by atoms with E-state index in [1.54, 1.807) is 19.0 Å². The minimum atomic E-state index is 0. The molecule has 2 rings (SSSR count). The second-order valence-corrected chi connectivity index (χ2v) is 8.04. The average molecular weight is 495 g/mol. The molecule has 2 heterocycles. The first kappa shape index (κ1) is 24.4. The van der Waals surface area contributed by atoms with Gasteiger partial charge in [-0.2, -0.15) is 0 Å². The van der Waals surface area contributed by atoms with Gasteiger partial charge >= 0.3 is 0 Å². The number of rotatable bonds is 7. The summed E-state index contributed by atoms with van der Waals surface area (Å²) in [6.45, 7) is 12.3. The lowest BCUT2D eigenvalue weighted by Gasteiger charge is -2.28. The first-order valence-electron chi connectivity index (χ1n) is 9.99. The van der Waals surface area contributed by atoms with Gasteiger partial charge in [-0.15, -0.1) is 24.0 Å². The number of carbonyl (C=O) groups excluding carboxylic acids is 1. The molecule has 0 aromatic rings. The van der Waals surface area contributed by atoms with Gasteiger partial charge in [0.2, 0.25) is 5.91 Å². The highest BCUT2D eigenvalue weighted by Gasteiger charge is 2.25. The summed E-state index contributed by atoms with van der Waals surface area (Å²) in [5.74, 6) is 2.38. The first-order chi connectivity index (χ1) is 12.5. The van der Waals surface area contributed by atoms with E-state index in [4.69, 9.17) is 4.74 Å². The third-order valence-electron chi connectivity index (χ3n) is 5.07. The Morgan fingerprint density at radius 3 is 2.59 bits per heavy atom. The lowest BCUT2D eigenvalue weighted by Crippen LogP contribution is -2.46. The smallest absolute Gasteiger partial charge is 0.243 e. The zero-order valence-electron chi connectivity index (χ0n) is 17.4. The molecule has 2 fully saturated rings. The molecule has 0 spiro atoms. The van der Waals surface area contributed by atoms with Crippen LogP contribution in [-0.4, -0.2) is 99.7 Å². The standard InChI is InChI=1S/C19H37N5O2.HI/c1-16(2)13-17-5-7-24(15-17)19(21-14-18(25)22(3)4)20-6-8-23-9-11-26-12-10-23;/h16-17H,5-15H2,1-4H3,(H,20,21);1H. The van der Waals surface area contributed by atoms with Crippen molar-refractivity contribution in [3.8, 4) is 0 Å². The molecule has 7 nitrogen and oxygen atoms in total. The fourth-order valence-corrected chi connectivity index (χ4v) is 3.59. The molecule has 0 aromatic heterocycles. The van der Waals surface area contributed by atoms with Crippen LogP contribution in [0.1, 0.15) is 26.7 Å². The normalized spacial score (nSPS) is 21.3. The number of hydrogen-bond acceptors (Lipinski definition) is 4. The summed E-state index contributed by atoms with van der Waals surface area (Å²) in [4.78, 5) is 22.9. The number of guanidine groups is 1. The third kappa shape index (κ3) is 8.95. The Morgan fingerprint density at radius 1 is 1.26 bits per heavy atom. The van der Waals surface area contributed by atoms with E-state index < -0.39 is 0 Å². The number of ether oxygens (including phenoxy) is 1. The van der Waals surface area contributed by atoms with Crippen molar-refractivity contribution < 1.29 is 9.53 Å². The van der Waals surface area contributed by atoms with Gasteiger partial charge in [0, 0.05) is 53.4 Å². The monoisotopic (exact) mass is 495 g/mol. The first-order valence-corrected chi connectivity index (χ1v) is 9.99. The number of nitrogens with one attached hydrogen (secondary N) is 1. The third-order valence-corrected chi connectivity index (χ3v) is 5.07. The minimum absolute atomic E-state index is 0. The van der Waals surface area contributed by atoms with Gasteiger partial charge in [-0.25, -0.2) is 4.99 Å². The van der Waals surface area contributed by atoms with Gasteiger partial charge in [0.1, 0.15) is 6.54 Å². The van der Waals surface area contributed by atoms with E-state index in [0.29, 0.717) is 0 Å². The van der Waals surface area contributed by atoms with E-state index in [-0.39, 0.29) is 36.4 Å². The van der Waals surface area contributed by atoms with Gasteiger partial charge in [-0.1, -0.05) is 13.8 Å². The second-order valence-electron chi connectivity index (χ2n) is 8.04. The van der Waals surface area contributed by atoms with Crippen LogP contribution in [-0.2, 0) is 9.53 Å². The summed E-state index contributed by atoms with van der Waals surface area (Å²) < 4.78 is 5.40. The lowest BCUT2D eigenvalue weighted by atomic mass is 9.97. The number of likely N-dealkylation sites (tertiary alicyclic amines) is 1. The number of amides is 1. The van der Waals surface area contributed by atoms with E-state index in [1.807, 2.05) is 0 Å². The topological polar surface area (TPSA) is 60.4 Å². The Kier molecular flexibility index (Phi) is 11.6. The van der Waals surface area contributed by atoms with Crippen LogP contribution >= 0.6 is 24.0 Å². The van der Waals surface area contributed by atoms with Gasteiger partial charge in [0.05, 0.1) is 13.2 Å². The second kappa shape index (κ2) is 12.8. The van der Waals surface area contributed by atoms with Crippen molar-refractivity contribution in [2.24, 2.45) is 16.8 Å². The van der Waals surface area contributed by atoms with Crippen LogP contribution in [0.5, 0.6) is 0 Å². The van der Waals surface area contributed by atoms with Crippen molar-refractivity contribution in [3.05, 3.63) is 0 Å². The molecule has 1 N–H and O–H groups in total. The Balaban J connectivity index is 0.00000364. The Labute approximate surface area is 181 Å². The molecular formula is C19H38IN5O2. The van der Waals surface area contributed by atoms with E-state index in [2.05, 4.69) is 34.0 Å². The van der Waals surface area contributed by atoms with E-state index in [9.17, 15) is 4.79 Å². The highest BCUT2D eigenvalue weighted by atomic mass is 127. The number of aliphatic imine (C=N–C) groups is 1. The zero-order valence-corrected chi connectivity index (χ0v) is 19.8. The fourth-order valence-electron chi connectivity index (χ4n) is 3.59. The number of hydrogen-bond donors (Lipinski definition) is 1. The predicted octanol–water partition coefficient (Wildman–Crippen LogP) is 1.34. The zero-order chi connectivity index (χ0) is 18.9. The van der Waals surface area contributed by atoms with Gasteiger partial charge in [0.15, 0.2) is 5.96 Å². The largest absolute Gasteiger partial charge is 0.379 e. The van der Waals surface area contributed by atoms with Gasteiger partial charge in [0.25, 0.3) is 0 Å². The fraction of sp³-hybridized carbons (Fsp3) is 0.895. The van der Waals surface area contributed by atoms with Crippen molar-refractivity contribution >= 4 is 35.8 Å². The molecule has 2 saturated heterocycles. The number of carbonyl (C=O) groups is 1. The Morgan fingerprint density at radius 2 is 1.96 bits per heavy atom. The van der Waals surface area contributed by atoms with Crippen molar-refractivity contribution in [2.45, 2.75) is 26.7 Å². The molecule has 0 aliphatic carbocycles. The van der Waals surface area contributed by atoms with Crippen LogP contribution in [0.15, 0.2) is 4.99 Å². The van der Waals surface area contributed by atoms with E-state index >= 15 is 0 Å². The summed E-state index contributed by atoms with van der Waals surface area (Å²) in [6.07, 6.45) is 2.47. The average Bonchev–Trinajstić information content (AvgIpc) is 3.05. The maximum Gasteiger partial charge on any atom is 0.243 e. The number of likely N-dealkylation sites (N-methyl/N-ethyl adjacent to an activating group) is 1. The van der Waals surface area contributed by atoms with E-state index in [0.717, 1.165) is 70.3 Å². The summed E-state index contributed by atoms with van der Waals surface area (Å²) in [7, 11) is 3.55. The van der Waals surface area contributed by atoms with E-state index in [1.165, 1.54) is 12.8 Å². The summed E-state index contributed by atoms with van der Waals surface area (Å²) in [5.41, 5.74) is 0. The molecule has 27 heavy (non-hydrogen) atoms. The molecule has 1 amide bonds. The van der Waals surface area contributed by atoms with Crippen LogP contribution in [0, 0.1) is 11.8 Å². The van der Waals surface area contributed by atoms with Crippen LogP contribution in [0.2, 0.25) is 0 Å². The molecule has 158 valence electrons. The molecule has 1 unspecified atom stereocenters. The molecule has 2 aliphatic rings. The van der Waals surface area contributed by atoms with Crippen LogP contribution in [0.4, 0.5) is 0 Å². The molecule has 1 atom stereocenters. The highest BCUT2D eigenvalue weighted by Crippen LogP contribution is 2.23. The molecule has 0 aromatic carbocycles. The summed E-state index contributed by atoms with van der Waals surface area (Å²) in [5, 5.41) is 3.50. The summed E-state index contributed by atoms with van der Waals surface area (Å²) >= 11 is 0. The quantitative estimate of drug-likeness (QED) is 0.328. The molecule has 8 heteroatoms. The number of nitrogens with zero attached hydrogens (tertiary/aromatic N) is 4. The predicted molar refractivity (Wildman–Crippen MR) is 121 cm³/mol. The van der Waals surface area contributed by atoms with Gasteiger partial charge in [-0.3, -0.25) is 9.69 Å². The molecular weight excluding hydrogens is 457 g/mol. The maximum atomic E-state index is 11.9. The van der Waals surface area contributed by atoms with Crippen LogP contribution in [0.25, 0.3) is 0 Å². The molecule has 0 saturated carbocycles. The van der Waals surface area contributed by atoms with Gasteiger partial charge < -0.3 is 19.9 Å². The Hall–Kier alpha value is -0.610. The van der Waals surface area contributed by atoms with Crippen molar-refractivity contribution in [3.63, 3.8) is 0 Å². The highest BCUT2D eigenvalue weighted by molar-refractivity contribution is 14.0. The van der Waals surface area contributed by atoms with Crippen LogP contribution < -0.4 is 5.32 Å². The lowest BCUT2D eigenvalue weighted by molar-refractivity contribution is -0.127. The van der Waals surface area contributed by atoms with Gasteiger partial charge in [-0.05, 0) is 24.7 Å². The maximum absolute atomic E-state index is 11.9. The number of morpholine rings is 1. The molecule has 0 bridgehead atoms. The van der Waals surface area contributed by atoms with Crippen molar-refractivity contribution in [1.82, 2.24) is 20.0 Å². The van der Waals surface area contributed by atoms with Crippen molar-refractivity contribution in [1.29, 1.82) is 0 Å². The van der Waals surface area contributed by atoms with Crippen LogP contribution in [0.3, 0.4) is 0 Å². The number of halogens is 1. The van der Waals surface area contributed by atoms with Crippen molar-refractivity contribution in [2.75, 3.05) is 73.1 Å². The molecule has 0 radical (unpaired) electrons. The Bertz CT molecular complexity index is 467.